The molecule has 7 heteroatoms. The van der Waals surface area contributed by atoms with Crippen molar-refractivity contribution in [3.8, 4) is 6.07 Å². The van der Waals surface area contributed by atoms with Crippen LogP contribution in [0.2, 0.25) is 0 Å². The van der Waals surface area contributed by atoms with Crippen molar-refractivity contribution in [3.63, 3.8) is 0 Å². The van der Waals surface area contributed by atoms with Gasteiger partial charge < -0.3 is 4.90 Å². The third kappa shape index (κ3) is 4.28. The van der Waals surface area contributed by atoms with E-state index in [1.54, 1.807) is 29.2 Å². The van der Waals surface area contributed by atoms with Crippen LogP contribution in [-0.2, 0) is 10.0 Å². The first-order valence-electron chi connectivity index (χ1n) is 6.66. The fourth-order valence-electron chi connectivity index (χ4n) is 2.37. The summed E-state index contributed by atoms with van der Waals surface area (Å²) >= 11 is 0. The van der Waals surface area contributed by atoms with Gasteiger partial charge in [-0.25, -0.2) is 13.1 Å². The topological polar surface area (TPSA) is 90.3 Å². The summed E-state index contributed by atoms with van der Waals surface area (Å²) in [6.45, 7) is 1.04. The van der Waals surface area contributed by atoms with E-state index in [9.17, 15) is 13.2 Å². The Morgan fingerprint density at radius 2 is 1.86 bits per heavy atom. The molecule has 6 nitrogen and oxygen atoms in total. The normalized spacial score (nSPS) is 16.5. The summed E-state index contributed by atoms with van der Waals surface area (Å²) in [6, 6.07) is 8.42. The second kappa shape index (κ2) is 6.24. The maximum Gasteiger partial charge on any atom is 0.253 e. The number of amides is 1. The molecule has 0 bridgehead atoms. The van der Waals surface area contributed by atoms with Gasteiger partial charge in [0.15, 0.2) is 0 Å². The lowest BCUT2D eigenvalue weighted by molar-refractivity contribution is 0.0711. The quantitative estimate of drug-likeness (QED) is 0.890. The van der Waals surface area contributed by atoms with Crippen LogP contribution in [0, 0.1) is 11.3 Å². The highest BCUT2D eigenvalue weighted by Crippen LogP contribution is 2.15. The predicted molar refractivity (Wildman–Crippen MR) is 78.1 cm³/mol. The van der Waals surface area contributed by atoms with E-state index in [1.807, 2.05) is 6.07 Å². The molecule has 112 valence electrons. The molecule has 1 aliphatic rings. The van der Waals surface area contributed by atoms with Crippen LogP contribution in [0.25, 0.3) is 0 Å². The molecule has 0 aromatic heterocycles. The molecule has 1 aliphatic heterocycles. The minimum Gasteiger partial charge on any atom is -0.339 e. The van der Waals surface area contributed by atoms with Gasteiger partial charge in [-0.15, -0.1) is 0 Å². The maximum absolute atomic E-state index is 12.3. The van der Waals surface area contributed by atoms with Crippen molar-refractivity contribution in [1.82, 2.24) is 9.62 Å². The molecule has 1 fully saturated rings. The van der Waals surface area contributed by atoms with E-state index >= 15 is 0 Å². The molecule has 1 aromatic carbocycles. The van der Waals surface area contributed by atoms with Gasteiger partial charge in [0.1, 0.15) is 0 Å². The van der Waals surface area contributed by atoms with E-state index < -0.39 is 10.0 Å². The molecule has 0 saturated carbocycles. The molecule has 0 atom stereocenters. The van der Waals surface area contributed by atoms with Crippen LogP contribution in [0.5, 0.6) is 0 Å². The minimum absolute atomic E-state index is 0.0858. The van der Waals surface area contributed by atoms with E-state index in [4.69, 9.17) is 5.26 Å². The maximum atomic E-state index is 12.3. The molecule has 1 amide bonds. The van der Waals surface area contributed by atoms with E-state index in [0.29, 0.717) is 37.1 Å². The van der Waals surface area contributed by atoms with Gasteiger partial charge in [0.05, 0.1) is 17.9 Å². The van der Waals surface area contributed by atoms with Crippen molar-refractivity contribution in [2.24, 2.45) is 0 Å². The van der Waals surface area contributed by atoms with Gasteiger partial charge in [0.25, 0.3) is 5.91 Å². The fourth-order valence-corrected chi connectivity index (χ4v) is 3.21. The number of nitrogens with zero attached hydrogens (tertiary/aromatic N) is 2. The van der Waals surface area contributed by atoms with E-state index in [0.717, 1.165) is 6.26 Å². The Bertz CT molecular complexity index is 654. The summed E-state index contributed by atoms with van der Waals surface area (Å²) in [5, 5.41) is 8.74. The number of rotatable bonds is 3. The Labute approximate surface area is 124 Å². The zero-order chi connectivity index (χ0) is 15.5. The average molecular weight is 307 g/mol. The standard InChI is InChI=1S/C14H17N3O3S/c1-21(19,20)16-13-6-8-17(9-7-13)14(18)12-4-2-11(10-15)3-5-12/h2-5,13,16H,6-9H2,1H3. The molecule has 21 heavy (non-hydrogen) atoms. The van der Waals surface area contributed by atoms with Crippen LogP contribution < -0.4 is 4.72 Å². The van der Waals surface area contributed by atoms with Crippen molar-refractivity contribution < 1.29 is 13.2 Å². The van der Waals surface area contributed by atoms with Crippen LogP contribution in [0.3, 0.4) is 0 Å². The van der Waals surface area contributed by atoms with Crippen LogP contribution in [0.1, 0.15) is 28.8 Å². The lowest BCUT2D eigenvalue weighted by atomic mass is 10.0. The molecule has 1 aromatic rings. The van der Waals surface area contributed by atoms with Gasteiger partial charge in [0.2, 0.25) is 10.0 Å². The monoisotopic (exact) mass is 307 g/mol. The summed E-state index contributed by atoms with van der Waals surface area (Å²) in [5.74, 6) is -0.0858. The lowest BCUT2D eigenvalue weighted by Crippen LogP contribution is -2.46. The molecule has 1 saturated heterocycles. The van der Waals surface area contributed by atoms with E-state index in [1.165, 1.54) is 0 Å². The Morgan fingerprint density at radius 1 is 1.29 bits per heavy atom. The summed E-state index contributed by atoms with van der Waals surface area (Å²) in [5.41, 5.74) is 1.06. The predicted octanol–water partition coefficient (Wildman–Crippen LogP) is 0.712. The number of nitrogens with one attached hydrogen (secondary N) is 1. The number of carbonyl (C=O) groups excluding carboxylic acids is 1. The second-order valence-electron chi connectivity index (χ2n) is 5.15. The van der Waals surface area contributed by atoms with Crippen molar-refractivity contribution in [3.05, 3.63) is 35.4 Å². The van der Waals surface area contributed by atoms with Crippen LogP contribution in [0.4, 0.5) is 0 Å². The largest absolute Gasteiger partial charge is 0.339 e. The number of hydrogen-bond donors (Lipinski definition) is 1. The third-order valence-electron chi connectivity index (χ3n) is 3.42. The Morgan fingerprint density at radius 3 is 2.33 bits per heavy atom. The molecular formula is C14H17N3O3S. The molecular weight excluding hydrogens is 290 g/mol. The van der Waals surface area contributed by atoms with Crippen molar-refractivity contribution >= 4 is 15.9 Å². The highest BCUT2D eigenvalue weighted by molar-refractivity contribution is 7.88. The van der Waals surface area contributed by atoms with Gasteiger partial charge in [0, 0.05) is 24.7 Å². The zero-order valence-corrected chi connectivity index (χ0v) is 12.6. The Kier molecular flexibility index (Phi) is 4.60. The average Bonchev–Trinajstić information content (AvgIpc) is 2.46. The number of likely N-dealkylation sites (tertiary alicyclic amines) is 1. The molecule has 0 unspecified atom stereocenters. The van der Waals surface area contributed by atoms with Crippen molar-refractivity contribution in [1.29, 1.82) is 5.26 Å². The molecule has 0 aliphatic carbocycles. The number of piperidine rings is 1. The third-order valence-corrected chi connectivity index (χ3v) is 4.19. The number of benzene rings is 1. The van der Waals surface area contributed by atoms with Crippen molar-refractivity contribution in [2.75, 3.05) is 19.3 Å². The zero-order valence-electron chi connectivity index (χ0n) is 11.7. The highest BCUT2D eigenvalue weighted by Gasteiger charge is 2.25. The van der Waals surface area contributed by atoms with Crippen LogP contribution in [0.15, 0.2) is 24.3 Å². The van der Waals surface area contributed by atoms with Crippen LogP contribution >= 0.6 is 0 Å². The summed E-state index contributed by atoms with van der Waals surface area (Å²) in [6.07, 6.45) is 2.35. The Hall–Kier alpha value is -1.91. The first-order chi connectivity index (χ1) is 9.89. The number of nitriles is 1. The summed E-state index contributed by atoms with van der Waals surface area (Å²) in [7, 11) is -3.21. The first-order valence-corrected chi connectivity index (χ1v) is 8.55. The SMILES string of the molecule is CS(=O)(=O)NC1CCN(C(=O)c2ccc(C#N)cc2)CC1. The number of hydrogen-bond acceptors (Lipinski definition) is 4. The van der Waals surface area contributed by atoms with Gasteiger partial charge in [-0.3, -0.25) is 4.79 Å². The lowest BCUT2D eigenvalue weighted by Gasteiger charge is -2.32. The number of carbonyl (C=O) groups is 1. The second-order valence-corrected chi connectivity index (χ2v) is 6.93. The Balaban J connectivity index is 1.95. The fraction of sp³-hybridized carbons (Fsp3) is 0.429. The molecule has 1 heterocycles. The molecule has 0 spiro atoms. The van der Waals surface area contributed by atoms with Crippen molar-refractivity contribution in [2.45, 2.75) is 18.9 Å². The number of sulfonamides is 1. The van der Waals surface area contributed by atoms with Gasteiger partial charge >= 0.3 is 0 Å². The molecule has 2 rings (SSSR count). The smallest absolute Gasteiger partial charge is 0.253 e. The highest BCUT2D eigenvalue weighted by atomic mass is 32.2. The molecule has 1 N–H and O–H groups in total. The minimum atomic E-state index is -3.21. The first kappa shape index (κ1) is 15.5. The molecule has 0 radical (unpaired) electrons. The van der Waals surface area contributed by atoms with Gasteiger partial charge in [-0.05, 0) is 37.1 Å². The van der Waals surface area contributed by atoms with Gasteiger partial charge in [-0.2, -0.15) is 5.26 Å². The summed E-state index contributed by atoms with van der Waals surface area (Å²) in [4.78, 5) is 14.0. The van der Waals surface area contributed by atoms with Crippen LogP contribution in [-0.4, -0.2) is 44.6 Å². The summed E-state index contributed by atoms with van der Waals surface area (Å²) < 4.78 is 24.9. The van der Waals surface area contributed by atoms with E-state index in [-0.39, 0.29) is 11.9 Å². The van der Waals surface area contributed by atoms with E-state index in [2.05, 4.69) is 4.72 Å². The van der Waals surface area contributed by atoms with Gasteiger partial charge in [-0.1, -0.05) is 0 Å².